The second-order valence-electron chi connectivity index (χ2n) is 4.45. The zero-order chi connectivity index (χ0) is 14.4. The molecule has 2 rings (SSSR count). The largest absolute Gasteiger partial charge is 0.313 e. The molecule has 2 aromatic rings. The Kier molecular flexibility index (Phi) is 5.56. The summed E-state index contributed by atoms with van der Waals surface area (Å²) in [5.74, 6) is -0.473. The topological polar surface area (TPSA) is 12.0 Å². The third-order valence-electron chi connectivity index (χ3n) is 2.85. The van der Waals surface area contributed by atoms with E-state index in [9.17, 15) is 8.78 Å². The number of hydrogen-bond acceptors (Lipinski definition) is 2. The van der Waals surface area contributed by atoms with Gasteiger partial charge in [-0.15, -0.1) is 0 Å². The third-order valence-corrected chi connectivity index (χ3v) is 3.96. The van der Waals surface area contributed by atoms with E-state index < -0.39 is 0 Å². The van der Waals surface area contributed by atoms with Crippen molar-refractivity contribution in [2.45, 2.75) is 29.7 Å². The van der Waals surface area contributed by atoms with Gasteiger partial charge in [0.25, 0.3) is 0 Å². The van der Waals surface area contributed by atoms with Crippen LogP contribution in [0.4, 0.5) is 8.78 Å². The molecule has 0 radical (unpaired) electrons. The predicted octanol–water partition coefficient (Wildman–Crippen LogP) is 4.62. The Balaban J connectivity index is 2.17. The van der Waals surface area contributed by atoms with E-state index in [-0.39, 0.29) is 11.6 Å². The summed E-state index contributed by atoms with van der Waals surface area (Å²) in [6, 6.07) is 11.3. The van der Waals surface area contributed by atoms with Crippen molar-refractivity contribution in [3.63, 3.8) is 0 Å². The Morgan fingerprint density at radius 3 is 2.50 bits per heavy atom. The monoisotopic (exact) mass is 293 g/mol. The summed E-state index contributed by atoms with van der Waals surface area (Å²) in [6.45, 7) is 3.43. The van der Waals surface area contributed by atoms with Gasteiger partial charge in [-0.05, 0) is 49.4 Å². The Morgan fingerprint density at radius 2 is 1.80 bits per heavy atom. The van der Waals surface area contributed by atoms with Crippen LogP contribution in [0.1, 0.15) is 18.9 Å². The van der Waals surface area contributed by atoms with Crippen LogP contribution in [0.3, 0.4) is 0 Å². The van der Waals surface area contributed by atoms with Crippen LogP contribution >= 0.6 is 11.8 Å². The van der Waals surface area contributed by atoms with Crippen molar-refractivity contribution in [3.05, 3.63) is 59.7 Å². The number of benzene rings is 2. The Bertz CT molecular complexity index is 555. The number of rotatable bonds is 6. The molecule has 20 heavy (non-hydrogen) atoms. The SMILES string of the molecule is CCCNCc1c(F)cccc1Sc1ccc(F)cc1. The van der Waals surface area contributed by atoms with Crippen molar-refractivity contribution in [1.82, 2.24) is 5.32 Å². The van der Waals surface area contributed by atoms with Crippen LogP contribution in [0, 0.1) is 11.6 Å². The zero-order valence-corrected chi connectivity index (χ0v) is 12.1. The Hall–Kier alpha value is -1.39. The minimum atomic E-state index is -0.265. The molecule has 0 bridgehead atoms. The summed E-state index contributed by atoms with van der Waals surface area (Å²) in [7, 11) is 0. The van der Waals surface area contributed by atoms with Crippen LogP contribution in [-0.4, -0.2) is 6.54 Å². The summed E-state index contributed by atoms with van der Waals surface area (Å²) < 4.78 is 26.8. The fourth-order valence-electron chi connectivity index (χ4n) is 1.83. The predicted molar refractivity (Wildman–Crippen MR) is 78.9 cm³/mol. The number of nitrogens with one attached hydrogen (secondary N) is 1. The van der Waals surface area contributed by atoms with Crippen molar-refractivity contribution < 1.29 is 8.78 Å². The summed E-state index contributed by atoms with van der Waals surface area (Å²) in [4.78, 5) is 1.76. The van der Waals surface area contributed by atoms with Gasteiger partial charge in [0.2, 0.25) is 0 Å². The van der Waals surface area contributed by atoms with E-state index >= 15 is 0 Å². The lowest BCUT2D eigenvalue weighted by atomic mass is 10.2. The van der Waals surface area contributed by atoms with Crippen molar-refractivity contribution >= 4 is 11.8 Å². The van der Waals surface area contributed by atoms with E-state index in [1.165, 1.54) is 30.0 Å². The van der Waals surface area contributed by atoms with Gasteiger partial charge in [-0.25, -0.2) is 8.78 Å². The lowest BCUT2D eigenvalue weighted by Crippen LogP contribution is -2.15. The van der Waals surface area contributed by atoms with Crippen molar-refractivity contribution in [2.24, 2.45) is 0 Å². The summed E-state index contributed by atoms with van der Waals surface area (Å²) in [5.41, 5.74) is 0.662. The standard InChI is InChI=1S/C16H17F2NS/c1-2-10-19-11-14-15(18)4-3-5-16(14)20-13-8-6-12(17)7-9-13/h3-9,19H,2,10-11H2,1H3. The van der Waals surface area contributed by atoms with Gasteiger partial charge in [-0.1, -0.05) is 24.8 Å². The first-order valence-corrected chi connectivity index (χ1v) is 7.44. The van der Waals surface area contributed by atoms with E-state index in [1.807, 2.05) is 6.07 Å². The summed E-state index contributed by atoms with van der Waals surface area (Å²) >= 11 is 1.45. The Morgan fingerprint density at radius 1 is 1.05 bits per heavy atom. The van der Waals surface area contributed by atoms with E-state index in [1.54, 1.807) is 18.2 Å². The molecule has 1 nitrogen and oxygen atoms in total. The maximum atomic E-state index is 13.9. The van der Waals surface area contributed by atoms with Crippen LogP contribution in [0.15, 0.2) is 52.3 Å². The molecule has 2 aromatic carbocycles. The van der Waals surface area contributed by atoms with Crippen LogP contribution < -0.4 is 5.32 Å². The molecule has 0 amide bonds. The van der Waals surface area contributed by atoms with Gasteiger partial charge in [0.05, 0.1) is 0 Å². The van der Waals surface area contributed by atoms with Crippen LogP contribution in [0.25, 0.3) is 0 Å². The van der Waals surface area contributed by atoms with Crippen LogP contribution in [0.5, 0.6) is 0 Å². The smallest absolute Gasteiger partial charge is 0.128 e. The molecular weight excluding hydrogens is 276 g/mol. The quantitative estimate of drug-likeness (QED) is 0.780. The molecule has 0 aromatic heterocycles. The summed E-state index contributed by atoms with van der Waals surface area (Å²) in [6.07, 6.45) is 1.01. The van der Waals surface area contributed by atoms with Gasteiger partial charge >= 0.3 is 0 Å². The first kappa shape index (κ1) is 15.0. The fraction of sp³-hybridized carbons (Fsp3) is 0.250. The molecule has 1 N–H and O–H groups in total. The summed E-state index contributed by atoms with van der Waals surface area (Å²) in [5, 5.41) is 3.21. The van der Waals surface area contributed by atoms with Gasteiger partial charge in [-0.2, -0.15) is 0 Å². The normalized spacial score (nSPS) is 10.8. The molecule has 0 saturated carbocycles. The molecule has 0 atom stereocenters. The minimum Gasteiger partial charge on any atom is -0.313 e. The zero-order valence-electron chi connectivity index (χ0n) is 11.3. The number of hydrogen-bond donors (Lipinski definition) is 1. The maximum Gasteiger partial charge on any atom is 0.128 e. The highest BCUT2D eigenvalue weighted by Crippen LogP contribution is 2.31. The molecule has 0 spiro atoms. The van der Waals surface area contributed by atoms with E-state index in [2.05, 4.69) is 12.2 Å². The second kappa shape index (κ2) is 7.41. The highest BCUT2D eigenvalue weighted by atomic mass is 32.2. The molecule has 0 aliphatic rings. The molecule has 106 valence electrons. The van der Waals surface area contributed by atoms with Gasteiger partial charge in [-0.3, -0.25) is 0 Å². The highest BCUT2D eigenvalue weighted by Gasteiger charge is 2.09. The van der Waals surface area contributed by atoms with E-state index in [4.69, 9.17) is 0 Å². The van der Waals surface area contributed by atoms with Crippen LogP contribution in [-0.2, 0) is 6.54 Å². The molecule has 0 saturated heterocycles. The lowest BCUT2D eigenvalue weighted by Gasteiger charge is -2.11. The first-order valence-electron chi connectivity index (χ1n) is 6.62. The van der Waals surface area contributed by atoms with Gasteiger partial charge in [0.1, 0.15) is 11.6 Å². The third kappa shape index (κ3) is 4.05. The fourth-order valence-corrected chi connectivity index (χ4v) is 2.79. The molecule has 0 heterocycles. The minimum absolute atomic E-state index is 0.208. The van der Waals surface area contributed by atoms with E-state index in [0.717, 1.165) is 22.8 Å². The molecule has 0 aliphatic heterocycles. The van der Waals surface area contributed by atoms with Crippen molar-refractivity contribution in [2.75, 3.05) is 6.54 Å². The highest BCUT2D eigenvalue weighted by molar-refractivity contribution is 7.99. The van der Waals surface area contributed by atoms with Crippen molar-refractivity contribution in [1.29, 1.82) is 0 Å². The molecule has 0 fully saturated rings. The molecule has 4 heteroatoms. The first-order chi connectivity index (χ1) is 9.70. The lowest BCUT2D eigenvalue weighted by molar-refractivity contribution is 0.578. The average Bonchev–Trinajstić information content (AvgIpc) is 2.44. The molecule has 0 unspecified atom stereocenters. The van der Waals surface area contributed by atoms with Crippen LogP contribution in [0.2, 0.25) is 0 Å². The molecule has 0 aliphatic carbocycles. The number of halogens is 2. The van der Waals surface area contributed by atoms with Crippen molar-refractivity contribution in [3.8, 4) is 0 Å². The van der Waals surface area contributed by atoms with Gasteiger partial charge < -0.3 is 5.32 Å². The van der Waals surface area contributed by atoms with Gasteiger partial charge in [0.15, 0.2) is 0 Å². The van der Waals surface area contributed by atoms with Gasteiger partial charge in [0, 0.05) is 21.9 Å². The average molecular weight is 293 g/mol. The maximum absolute atomic E-state index is 13.9. The Labute approximate surface area is 122 Å². The molecular formula is C16H17F2NS. The van der Waals surface area contributed by atoms with E-state index in [0.29, 0.717) is 12.1 Å². The second-order valence-corrected chi connectivity index (χ2v) is 5.56.